The molecule has 0 amide bonds. The van der Waals surface area contributed by atoms with Crippen molar-refractivity contribution in [2.75, 3.05) is 36.0 Å². The van der Waals surface area contributed by atoms with E-state index < -0.39 is 0 Å². The molecule has 0 spiro atoms. The predicted molar refractivity (Wildman–Crippen MR) is 163 cm³/mol. The molecule has 0 radical (unpaired) electrons. The summed E-state index contributed by atoms with van der Waals surface area (Å²) in [4.78, 5) is 4.96. The van der Waals surface area contributed by atoms with E-state index in [-0.39, 0.29) is 0 Å². The summed E-state index contributed by atoms with van der Waals surface area (Å²) in [6, 6.07) is 9.20. The minimum atomic E-state index is 1.00. The Kier molecular flexibility index (Phi) is 6.71. The third-order valence-electron chi connectivity index (χ3n) is 8.69. The Morgan fingerprint density at radius 1 is 0.474 bits per heavy atom. The monoisotopic (exact) mass is 508 g/mol. The van der Waals surface area contributed by atoms with Crippen LogP contribution in [0.2, 0.25) is 0 Å². The molecule has 2 heterocycles. The Morgan fingerprint density at radius 2 is 0.763 bits per heavy atom. The van der Waals surface area contributed by atoms with Gasteiger partial charge in [-0.3, -0.25) is 0 Å². The second-order valence-corrected chi connectivity index (χ2v) is 11.7. The van der Waals surface area contributed by atoms with E-state index in [2.05, 4.69) is 125 Å². The molecule has 5 rings (SSSR count). The summed E-state index contributed by atoms with van der Waals surface area (Å²) in [5, 5.41) is 0. The van der Waals surface area contributed by atoms with Crippen molar-refractivity contribution in [1.82, 2.24) is 0 Å². The zero-order valence-corrected chi connectivity index (χ0v) is 25.1. The maximum Gasteiger partial charge on any atom is 0.244 e. The van der Waals surface area contributed by atoms with Gasteiger partial charge in [-0.15, -0.1) is 0 Å². The lowest BCUT2D eigenvalue weighted by Gasteiger charge is -2.22. The Bertz CT molecular complexity index is 1330. The Labute approximate surface area is 229 Å². The molecule has 0 fully saturated rings. The minimum Gasteiger partial charge on any atom is -0.229 e. The fraction of sp³-hybridized carbons (Fsp3) is 0.412. The van der Waals surface area contributed by atoms with E-state index in [4.69, 9.17) is 0 Å². The van der Waals surface area contributed by atoms with E-state index >= 15 is 0 Å². The lowest BCUT2D eigenvalue weighted by Crippen LogP contribution is -2.25. The van der Waals surface area contributed by atoms with Crippen LogP contribution in [0.15, 0.2) is 24.3 Å². The van der Waals surface area contributed by atoms with E-state index in [9.17, 15) is 0 Å². The first-order chi connectivity index (χ1) is 18.0. The van der Waals surface area contributed by atoms with Crippen molar-refractivity contribution in [3.8, 4) is 0 Å². The van der Waals surface area contributed by atoms with Crippen LogP contribution in [-0.4, -0.2) is 48.0 Å². The lowest BCUT2D eigenvalue weighted by molar-refractivity contribution is -0.425. The average Bonchev–Trinajstić information content (AvgIpc) is 3.48. The van der Waals surface area contributed by atoms with E-state index in [1.807, 2.05) is 0 Å². The summed E-state index contributed by atoms with van der Waals surface area (Å²) in [6.45, 7) is 26.6. The van der Waals surface area contributed by atoms with Crippen molar-refractivity contribution in [3.63, 3.8) is 0 Å². The highest BCUT2D eigenvalue weighted by Crippen LogP contribution is 2.39. The zero-order valence-electron chi connectivity index (χ0n) is 25.1. The van der Waals surface area contributed by atoms with Crippen LogP contribution in [0.1, 0.15) is 55.6 Å². The van der Waals surface area contributed by atoms with Gasteiger partial charge in [-0.1, -0.05) is 35.4 Å². The highest BCUT2D eigenvalue weighted by molar-refractivity contribution is 5.89. The summed E-state index contributed by atoms with van der Waals surface area (Å²) in [6.07, 6.45) is 4.68. The molecule has 4 heteroatoms. The quantitative estimate of drug-likeness (QED) is 0.347. The molecule has 0 N–H and O–H groups in total. The number of nitrogens with zero attached hydrogens (tertiary/aromatic N) is 4. The standard InChI is InChI=1S/C34H44N4/c1-21-15-23(3)31(24(4)16-21)35-11-13-37(19-35)33-27(7)29(9)34(30(10)28(33)8)38-14-12-36(20-38)32-25(5)17-22(2)18-26(32)6/h15-20H,11-14H2,1-10H3/q+2. The van der Waals surface area contributed by atoms with Crippen LogP contribution in [0.3, 0.4) is 0 Å². The molecule has 2 aliphatic rings. The maximum absolute atomic E-state index is 2.48. The molecule has 38 heavy (non-hydrogen) atoms. The maximum atomic E-state index is 2.48. The van der Waals surface area contributed by atoms with Gasteiger partial charge in [0.2, 0.25) is 12.7 Å². The molecule has 0 aromatic heterocycles. The predicted octanol–water partition coefficient (Wildman–Crippen LogP) is 7.16. The first-order valence-corrected chi connectivity index (χ1v) is 14.0. The molecule has 0 saturated heterocycles. The third kappa shape index (κ3) is 4.34. The largest absolute Gasteiger partial charge is 0.244 e. The van der Waals surface area contributed by atoms with E-state index in [1.165, 1.54) is 78.4 Å². The molecule has 198 valence electrons. The smallest absolute Gasteiger partial charge is 0.229 e. The SMILES string of the molecule is Cc1cc(C)c([N+]2=CN(c3c(C)c(C)c(N4C=[N+](c5c(C)cc(C)cc5C)CC4)c(C)c3C)CC2)c(C)c1. The molecule has 0 unspecified atom stereocenters. The Morgan fingerprint density at radius 3 is 1.05 bits per heavy atom. The Balaban J connectivity index is 1.53. The van der Waals surface area contributed by atoms with Crippen LogP contribution in [0.25, 0.3) is 0 Å². The first kappa shape index (κ1) is 26.2. The van der Waals surface area contributed by atoms with Gasteiger partial charge in [0.05, 0.1) is 0 Å². The van der Waals surface area contributed by atoms with Crippen molar-refractivity contribution in [1.29, 1.82) is 0 Å². The lowest BCUT2D eigenvalue weighted by atomic mass is 9.94. The second kappa shape index (κ2) is 9.72. The second-order valence-electron chi connectivity index (χ2n) is 11.7. The first-order valence-electron chi connectivity index (χ1n) is 14.0. The van der Waals surface area contributed by atoms with Crippen LogP contribution in [0, 0.1) is 69.2 Å². The van der Waals surface area contributed by atoms with Gasteiger partial charge in [0.15, 0.2) is 0 Å². The summed E-state index contributed by atoms with van der Waals surface area (Å²) in [5.41, 5.74) is 19.0. The summed E-state index contributed by atoms with van der Waals surface area (Å²) < 4.78 is 4.89. The van der Waals surface area contributed by atoms with Crippen LogP contribution < -0.4 is 9.80 Å². The van der Waals surface area contributed by atoms with Crippen LogP contribution in [-0.2, 0) is 0 Å². The normalized spacial score (nSPS) is 15.4. The number of hydrogen-bond donors (Lipinski definition) is 0. The molecular formula is C34H44N4+2. The molecule has 0 bridgehead atoms. The van der Waals surface area contributed by atoms with E-state index in [0.717, 1.165) is 26.2 Å². The molecule has 2 aliphatic heterocycles. The number of rotatable bonds is 4. The molecular weight excluding hydrogens is 464 g/mol. The third-order valence-corrected chi connectivity index (χ3v) is 8.69. The minimum absolute atomic E-state index is 1.00. The average molecular weight is 509 g/mol. The summed E-state index contributed by atoms with van der Waals surface area (Å²) >= 11 is 0. The highest BCUT2D eigenvalue weighted by Gasteiger charge is 2.33. The van der Waals surface area contributed by atoms with Crippen LogP contribution >= 0.6 is 0 Å². The van der Waals surface area contributed by atoms with Crippen molar-refractivity contribution in [2.45, 2.75) is 69.2 Å². The van der Waals surface area contributed by atoms with Gasteiger partial charge < -0.3 is 0 Å². The molecule has 4 nitrogen and oxygen atoms in total. The van der Waals surface area contributed by atoms with Crippen LogP contribution in [0.5, 0.6) is 0 Å². The Hall–Kier alpha value is -3.40. The van der Waals surface area contributed by atoms with Crippen molar-refractivity contribution in [3.05, 3.63) is 79.9 Å². The molecule has 3 aromatic rings. The molecule has 0 atom stereocenters. The van der Waals surface area contributed by atoms with Crippen LogP contribution in [0.4, 0.5) is 22.7 Å². The fourth-order valence-corrected chi connectivity index (χ4v) is 7.06. The van der Waals surface area contributed by atoms with Gasteiger partial charge in [-0.2, -0.15) is 0 Å². The van der Waals surface area contributed by atoms with Gasteiger partial charge in [-0.05, 0) is 91.5 Å². The van der Waals surface area contributed by atoms with Crippen molar-refractivity contribution in [2.24, 2.45) is 0 Å². The molecule has 0 aliphatic carbocycles. The fourth-order valence-electron chi connectivity index (χ4n) is 7.06. The number of anilines is 2. The molecule has 0 saturated carbocycles. The summed E-state index contributed by atoms with van der Waals surface area (Å²) in [5.74, 6) is 0. The van der Waals surface area contributed by atoms with Gasteiger partial charge in [-0.25, -0.2) is 19.0 Å². The van der Waals surface area contributed by atoms with E-state index in [1.54, 1.807) is 0 Å². The van der Waals surface area contributed by atoms with Gasteiger partial charge in [0.25, 0.3) is 0 Å². The van der Waals surface area contributed by atoms with Crippen molar-refractivity contribution < 1.29 is 9.15 Å². The highest BCUT2D eigenvalue weighted by atomic mass is 15.3. The zero-order chi connectivity index (χ0) is 27.5. The summed E-state index contributed by atoms with van der Waals surface area (Å²) in [7, 11) is 0. The number of benzene rings is 3. The topological polar surface area (TPSA) is 12.5 Å². The van der Waals surface area contributed by atoms with Gasteiger partial charge in [0, 0.05) is 22.3 Å². The van der Waals surface area contributed by atoms with Crippen molar-refractivity contribution >= 4 is 35.4 Å². The van der Waals surface area contributed by atoms with Gasteiger partial charge in [0.1, 0.15) is 48.9 Å². The number of hydrogen-bond acceptors (Lipinski definition) is 2. The van der Waals surface area contributed by atoms with Gasteiger partial charge >= 0.3 is 0 Å². The van der Waals surface area contributed by atoms with E-state index in [0.29, 0.717) is 0 Å². The molecule has 3 aromatic carbocycles. The number of aryl methyl sites for hydroxylation is 6.